The third-order valence-electron chi connectivity index (χ3n) is 4.53. The molecule has 0 saturated carbocycles. The zero-order valence-electron chi connectivity index (χ0n) is 14.6. The highest BCUT2D eigenvalue weighted by Crippen LogP contribution is 2.26. The maximum atomic E-state index is 12.6. The third kappa shape index (κ3) is 4.91. The van der Waals surface area contributed by atoms with E-state index in [0.29, 0.717) is 24.2 Å². The molecule has 1 aliphatic rings. The van der Waals surface area contributed by atoms with Crippen molar-refractivity contribution < 1.29 is 14.5 Å². The monoisotopic (exact) mass is 433 g/mol. The number of nitro groups is 1. The van der Waals surface area contributed by atoms with E-state index in [9.17, 15) is 14.9 Å². The van der Waals surface area contributed by atoms with Crippen LogP contribution >= 0.6 is 15.9 Å². The first kappa shape index (κ1) is 19.5. The number of benzene rings is 2. The van der Waals surface area contributed by atoms with Crippen molar-refractivity contribution >= 4 is 27.5 Å². The second kappa shape index (κ2) is 9.07. The van der Waals surface area contributed by atoms with Crippen molar-refractivity contribution in [3.8, 4) is 0 Å². The van der Waals surface area contributed by atoms with Crippen LogP contribution in [0.3, 0.4) is 0 Å². The van der Waals surface area contributed by atoms with Crippen LogP contribution < -0.4 is 5.32 Å². The van der Waals surface area contributed by atoms with Gasteiger partial charge in [-0.3, -0.25) is 19.8 Å². The number of nitrogens with zero attached hydrogens (tertiary/aromatic N) is 2. The molecule has 0 spiro atoms. The standard InChI is InChI=1S/C19H20BrN3O4/c20-16-7-6-15(12-17(16)23(25)26)19(24)21-13-18(14-4-2-1-3-5-14)22-8-10-27-11-9-22/h1-7,12,18H,8-11,13H2,(H,21,24). The van der Waals surface area contributed by atoms with E-state index in [-0.39, 0.29) is 23.2 Å². The zero-order chi connectivity index (χ0) is 19.2. The van der Waals surface area contributed by atoms with E-state index in [4.69, 9.17) is 4.74 Å². The highest BCUT2D eigenvalue weighted by atomic mass is 79.9. The first-order valence-electron chi connectivity index (χ1n) is 8.65. The minimum atomic E-state index is -0.513. The quantitative estimate of drug-likeness (QED) is 0.558. The lowest BCUT2D eigenvalue weighted by molar-refractivity contribution is -0.385. The maximum absolute atomic E-state index is 12.6. The number of hydrogen-bond donors (Lipinski definition) is 1. The summed E-state index contributed by atoms with van der Waals surface area (Å²) in [5, 5.41) is 14.0. The summed E-state index contributed by atoms with van der Waals surface area (Å²) >= 11 is 3.13. The number of morpholine rings is 1. The lowest BCUT2D eigenvalue weighted by Crippen LogP contribution is -2.43. The second-order valence-electron chi connectivity index (χ2n) is 6.21. The molecular formula is C19H20BrN3O4. The van der Waals surface area contributed by atoms with Crippen LogP contribution in [-0.4, -0.2) is 48.6 Å². The molecule has 0 aliphatic carbocycles. The summed E-state index contributed by atoms with van der Waals surface area (Å²) in [6, 6.07) is 14.4. The van der Waals surface area contributed by atoms with Crippen LogP contribution in [0.5, 0.6) is 0 Å². The summed E-state index contributed by atoms with van der Waals surface area (Å²) in [6.07, 6.45) is 0. The van der Waals surface area contributed by atoms with Crippen molar-refractivity contribution in [2.75, 3.05) is 32.8 Å². The molecule has 1 atom stereocenters. The number of nitrogens with one attached hydrogen (secondary N) is 1. The molecule has 2 aromatic carbocycles. The van der Waals surface area contributed by atoms with Gasteiger partial charge in [0.15, 0.2) is 0 Å². The van der Waals surface area contributed by atoms with Crippen molar-refractivity contribution in [3.05, 3.63) is 74.2 Å². The topological polar surface area (TPSA) is 84.7 Å². The largest absolute Gasteiger partial charge is 0.379 e. The van der Waals surface area contributed by atoms with Crippen molar-refractivity contribution in [3.63, 3.8) is 0 Å². The van der Waals surface area contributed by atoms with Gasteiger partial charge in [-0.15, -0.1) is 0 Å². The lowest BCUT2D eigenvalue weighted by Gasteiger charge is -2.35. The molecule has 27 heavy (non-hydrogen) atoms. The fourth-order valence-corrected chi connectivity index (χ4v) is 3.50. The van der Waals surface area contributed by atoms with Gasteiger partial charge in [0.25, 0.3) is 11.6 Å². The Hall–Kier alpha value is -2.29. The Kier molecular flexibility index (Phi) is 6.54. The number of halogens is 1. The van der Waals surface area contributed by atoms with Gasteiger partial charge in [-0.25, -0.2) is 0 Å². The smallest absolute Gasteiger partial charge is 0.284 e. The molecule has 8 heteroatoms. The Morgan fingerprint density at radius 3 is 2.59 bits per heavy atom. The fraction of sp³-hybridized carbons (Fsp3) is 0.316. The Labute approximate surface area is 165 Å². The van der Waals surface area contributed by atoms with Crippen LogP contribution in [0.2, 0.25) is 0 Å². The predicted molar refractivity (Wildman–Crippen MR) is 105 cm³/mol. The zero-order valence-corrected chi connectivity index (χ0v) is 16.2. The van der Waals surface area contributed by atoms with E-state index >= 15 is 0 Å². The number of nitro benzene ring substituents is 1. The molecule has 0 radical (unpaired) electrons. The van der Waals surface area contributed by atoms with Gasteiger partial charge in [-0.05, 0) is 33.6 Å². The molecule has 2 aromatic rings. The van der Waals surface area contributed by atoms with E-state index in [1.54, 1.807) is 6.07 Å². The Balaban J connectivity index is 1.74. The third-order valence-corrected chi connectivity index (χ3v) is 5.20. The number of hydrogen-bond acceptors (Lipinski definition) is 5. The van der Waals surface area contributed by atoms with Crippen LogP contribution in [0.1, 0.15) is 22.0 Å². The van der Waals surface area contributed by atoms with E-state index in [2.05, 4.69) is 26.1 Å². The van der Waals surface area contributed by atoms with Crippen LogP contribution in [0.15, 0.2) is 53.0 Å². The average Bonchev–Trinajstić information content (AvgIpc) is 2.70. The molecule has 1 N–H and O–H groups in total. The second-order valence-corrected chi connectivity index (χ2v) is 7.06. The Morgan fingerprint density at radius 2 is 1.93 bits per heavy atom. The van der Waals surface area contributed by atoms with Crippen molar-refractivity contribution in [2.45, 2.75) is 6.04 Å². The summed E-state index contributed by atoms with van der Waals surface area (Å²) < 4.78 is 5.78. The summed E-state index contributed by atoms with van der Waals surface area (Å²) in [6.45, 7) is 3.32. The van der Waals surface area contributed by atoms with Gasteiger partial charge >= 0.3 is 0 Å². The maximum Gasteiger partial charge on any atom is 0.284 e. The first-order chi connectivity index (χ1) is 13.1. The fourth-order valence-electron chi connectivity index (χ4n) is 3.11. The van der Waals surface area contributed by atoms with Crippen LogP contribution in [0, 0.1) is 10.1 Å². The minimum Gasteiger partial charge on any atom is -0.379 e. The van der Waals surface area contributed by atoms with Crippen LogP contribution in [-0.2, 0) is 4.74 Å². The molecule has 0 aromatic heterocycles. The van der Waals surface area contributed by atoms with E-state index in [0.717, 1.165) is 18.7 Å². The molecule has 3 rings (SSSR count). The van der Waals surface area contributed by atoms with E-state index < -0.39 is 4.92 Å². The highest BCUT2D eigenvalue weighted by molar-refractivity contribution is 9.10. The van der Waals surface area contributed by atoms with Crippen molar-refractivity contribution in [1.82, 2.24) is 10.2 Å². The molecular weight excluding hydrogens is 414 g/mol. The molecule has 1 aliphatic heterocycles. The van der Waals surface area contributed by atoms with Gasteiger partial charge in [0.05, 0.1) is 28.7 Å². The Morgan fingerprint density at radius 1 is 1.22 bits per heavy atom. The van der Waals surface area contributed by atoms with Gasteiger partial charge in [-0.2, -0.15) is 0 Å². The first-order valence-corrected chi connectivity index (χ1v) is 9.44. The summed E-state index contributed by atoms with van der Waals surface area (Å²) in [5.74, 6) is -0.334. The highest BCUT2D eigenvalue weighted by Gasteiger charge is 2.24. The van der Waals surface area contributed by atoms with Crippen LogP contribution in [0.25, 0.3) is 0 Å². The molecule has 1 amide bonds. The Bertz CT molecular complexity index is 810. The normalized spacial score (nSPS) is 15.9. The summed E-state index contributed by atoms with van der Waals surface area (Å²) in [7, 11) is 0. The molecule has 1 saturated heterocycles. The number of carbonyl (C=O) groups excluding carboxylic acids is 1. The molecule has 1 heterocycles. The lowest BCUT2D eigenvalue weighted by atomic mass is 10.0. The average molecular weight is 434 g/mol. The molecule has 7 nitrogen and oxygen atoms in total. The number of carbonyl (C=O) groups is 1. The number of amides is 1. The van der Waals surface area contributed by atoms with Crippen LogP contribution in [0.4, 0.5) is 5.69 Å². The van der Waals surface area contributed by atoms with Crippen molar-refractivity contribution in [2.24, 2.45) is 0 Å². The predicted octanol–water partition coefficient (Wildman–Crippen LogP) is 3.16. The number of rotatable bonds is 6. The SMILES string of the molecule is O=C(NCC(c1ccccc1)N1CCOCC1)c1ccc(Br)c([N+](=O)[O-])c1. The van der Waals surface area contributed by atoms with Gasteiger partial charge in [-0.1, -0.05) is 30.3 Å². The van der Waals surface area contributed by atoms with Gasteiger partial charge < -0.3 is 10.1 Å². The van der Waals surface area contributed by atoms with E-state index in [1.165, 1.54) is 12.1 Å². The molecule has 0 bridgehead atoms. The summed E-state index contributed by atoms with van der Waals surface area (Å²) in [5.41, 5.74) is 1.25. The molecule has 1 fully saturated rings. The van der Waals surface area contributed by atoms with Gasteiger partial charge in [0, 0.05) is 31.3 Å². The van der Waals surface area contributed by atoms with Gasteiger partial charge in [0.1, 0.15) is 0 Å². The molecule has 1 unspecified atom stereocenters. The van der Waals surface area contributed by atoms with Gasteiger partial charge in [0.2, 0.25) is 0 Å². The minimum absolute atomic E-state index is 0.0180. The van der Waals surface area contributed by atoms with E-state index in [1.807, 2.05) is 30.3 Å². The molecule has 142 valence electrons. The van der Waals surface area contributed by atoms with Crippen molar-refractivity contribution in [1.29, 1.82) is 0 Å². The summed E-state index contributed by atoms with van der Waals surface area (Å²) in [4.78, 5) is 25.4. The number of ether oxygens (including phenoxy) is 1.